The Morgan fingerprint density at radius 3 is 2.08 bits per heavy atom. The Bertz CT molecular complexity index is 1410. The number of Topliss-reactive ketones (excluding diaryl/α,β-unsaturated/α-hetero) is 1. The van der Waals surface area contributed by atoms with Crippen LogP contribution in [0.5, 0.6) is 11.5 Å². The smallest absolute Gasteiger partial charge is 0.188 e. The van der Waals surface area contributed by atoms with Crippen LogP contribution in [0.2, 0.25) is 0 Å². The molecule has 5 rings (SSSR count). The summed E-state index contributed by atoms with van der Waals surface area (Å²) in [6, 6.07) is 24.1. The zero-order valence-electron chi connectivity index (χ0n) is 21.5. The molecule has 1 aliphatic carbocycles. The monoisotopic (exact) mass is 555 g/mol. The molecule has 0 spiro atoms. The number of hydrogen-bond donors (Lipinski definition) is 1. The van der Waals surface area contributed by atoms with Gasteiger partial charge < -0.3 is 14.8 Å². The summed E-state index contributed by atoms with van der Waals surface area (Å²) in [5.74, 6) is 1.50. The van der Waals surface area contributed by atoms with Gasteiger partial charge in [-0.15, -0.1) is 0 Å². The number of halogens is 1. The van der Waals surface area contributed by atoms with E-state index in [1.807, 2.05) is 78.9 Å². The quantitative estimate of drug-likeness (QED) is 0.330. The summed E-state index contributed by atoms with van der Waals surface area (Å²) in [4.78, 5) is 14.2. The molecule has 3 aromatic carbocycles. The molecule has 2 aliphatic rings. The van der Waals surface area contributed by atoms with E-state index in [0.717, 1.165) is 61.6 Å². The number of hydrogen-bond acceptors (Lipinski definition) is 4. The molecule has 0 aromatic heterocycles. The normalized spacial score (nSPS) is 19.7. The van der Waals surface area contributed by atoms with Crippen LogP contribution in [0, 0.1) is 5.41 Å². The van der Waals surface area contributed by atoms with Gasteiger partial charge in [-0.1, -0.05) is 54.0 Å². The van der Waals surface area contributed by atoms with Crippen molar-refractivity contribution < 1.29 is 14.3 Å². The third-order valence-corrected chi connectivity index (χ3v) is 7.68. The molecular weight excluding hydrogens is 526 g/mol. The Labute approximate surface area is 226 Å². The van der Waals surface area contributed by atoms with Crippen LogP contribution in [0.1, 0.15) is 42.9 Å². The fraction of sp³-hybridized carbons (Fsp3) is 0.219. The summed E-state index contributed by atoms with van der Waals surface area (Å²) in [6.45, 7) is 4.30. The minimum Gasteiger partial charge on any atom is -0.497 e. The van der Waals surface area contributed by atoms with Gasteiger partial charge >= 0.3 is 0 Å². The van der Waals surface area contributed by atoms with Crippen LogP contribution in [0.4, 0.5) is 0 Å². The van der Waals surface area contributed by atoms with E-state index in [2.05, 4.69) is 41.2 Å². The highest BCUT2D eigenvalue weighted by atomic mass is 79.9. The molecule has 188 valence electrons. The van der Waals surface area contributed by atoms with Crippen LogP contribution in [0.15, 0.2) is 100 Å². The molecule has 1 aliphatic heterocycles. The lowest BCUT2D eigenvalue weighted by Crippen LogP contribution is -2.37. The van der Waals surface area contributed by atoms with Gasteiger partial charge in [0.1, 0.15) is 11.5 Å². The second-order valence-electron chi connectivity index (χ2n) is 10.1. The van der Waals surface area contributed by atoms with E-state index >= 15 is 0 Å². The molecule has 0 fully saturated rings. The first-order valence-electron chi connectivity index (χ1n) is 12.3. The van der Waals surface area contributed by atoms with E-state index in [9.17, 15) is 4.79 Å². The average Bonchev–Trinajstić information content (AvgIpc) is 2.91. The highest BCUT2D eigenvalue weighted by molar-refractivity contribution is 9.10. The number of methoxy groups -OCH3 is 2. The van der Waals surface area contributed by atoms with Crippen molar-refractivity contribution in [2.75, 3.05) is 14.2 Å². The molecule has 5 heteroatoms. The lowest BCUT2D eigenvalue weighted by atomic mass is 9.67. The van der Waals surface area contributed by atoms with Crippen molar-refractivity contribution in [2.24, 2.45) is 5.41 Å². The van der Waals surface area contributed by atoms with E-state index in [4.69, 9.17) is 9.47 Å². The van der Waals surface area contributed by atoms with Gasteiger partial charge in [0.05, 0.1) is 14.2 Å². The van der Waals surface area contributed by atoms with E-state index in [-0.39, 0.29) is 17.1 Å². The average molecular weight is 557 g/mol. The van der Waals surface area contributed by atoms with Crippen molar-refractivity contribution in [1.82, 2.24) is 5.32 Å². The summed E-state index contributed by atoms with van der Waals surface area (Å²) in [6.07, 6.45) is 4.94. The lowest BCUT2D eigenvalue weighted by molar-refractivity contribution is -0.113. The predicted molar refractivity (Wildman–Crippen MR) is 152 cm³/mol. The zero-order valence-corrected chi connectivity index (χ0v) is 23.1. The third-order valence-electron chi connectivity index (χ3n) is 7.15. The van der Waals surface area contributed by atoms with Crippen molar-refractivity contribution in [3.05, 3.63) is 117 Å². The first kappa shape index (κ1) is 25.1. The van der Waals surface area contributed by atoms with Gasteiger partial charge in [-0.2, -0.15) is 0 Å². The van der Waals surface area contributed by atoms with E-state index in [1.165, 1.54) is 0 Å². The number of rotatable bonds is 5. The maximum atomic E-state index is 14.2. The van der Waals surface area contributed by atoms with E-state index in [0.29, 0.717) is 0 Å². The zero-order chi connectivity index (χ0) is 26.2. The van der Waals surface area contributed by atoms with Gasteiger partial charge in [-0.3, -0.25) is 4.79 Å². The highest BCUT2D eigenvalue weighted by Gasteiger charge is 2.42. The van der Waals surface area contributed by atoms with Crippen LogP contribution >= 0.6 is 15.9 Å². The molecule has 0 radical (unpaired) electrons. The number of carbonyl (C=O) groups excluding carboxylic acids is 1. The fourth-order valence-electron chi connectivity index (χ4n) is 5.12. The molecule has 0 amide bonds. The molecule has 1 heterocycles. The number of ketones is 1. The minimum absolute atomic E-state index is 0.0903. The largest absolute Gasteiger partial charge is 0.497 e. The maximum Gasteiger partial charge on any atom is 0.188 e. The lowest BCUT2D eigenvalue weighted by Gasteiger charge is -2.40. The van der Waals surface area contributed by atoms with Crippen molar-refractivity contribution in [3.8, 4) is 11.5 Å². The van der Waals surface area contributed by atoms with Crippen LogP contribution < -0.4 is 14.8 Å². The van der Waals surface area contributed by atoms with Crippen LogP contribution in [0.25, 0.3) is 11.8 Å². The molecule has 0 saturated heterocycles. The fourth-order valence-corrected chi connectivity index (χ4v) is 5.38. The highest BCUT2D eigenvalue weighted by Crippen LogP contribution is 2.48. The summed E-state index contributed by atoms with van der Waals surface area (Å²) >= 11 is 3.50. The Hall–Kier alpha value is -3.57. The Kier molecular flexibility index (Phi) is 6.82. The third kappa shape index (κ3) is 5.01. The predicted octanol–water partition coefficient (Wildman–Crippen LogP) is 7.53. The minimum atomic E-state index is -0.331. The molecule has 0 saturated carbocycles. The van der Waals surface area contributed by atoms with Crippen molar-refractivity contribution in [3.63, 3.8) is 0 Å². The summed E-state index contributed by atoms with van der Waals surface area (Å²) in [7, 11) is 3.33. The number of nitrogens with one attached hydrogen (secondary N) is 1. The van der Waals surface area contributed by atoms with Gasteiger partial charge in [0.15, 0.2) is 5.78 Å². The molecule has 1 N–H and O–H groups in total. The van der Waals surface area contributed by atoms with Crippen LogP contribution in [0.3, 0.4) is 0 Å². The maximum absolute atomic E-state index is 14.2. The topological polar surface area (TPSA) is 47.6 Å². The molecule has 1 atom stereocenters. The second kappa shape index (κ2) is 10.1. The number of carbonyl (C=O) groups is 1. The number of ether oxygens (including phenoxy) is 2. The first-order chi connectivity index (χ1) is 17.8. The van der Waals surface area contributed by atoms with Gasteiger partial charge in [0.2, 0.25) is 0 Å². The first-order valence-corrected chi connectivity index (χ1v) is 13.1. The molecule has 4 nitrogen and oxygen atoms in total. The van der Waals surface area contributed by atoms with Gasteiger partial charge in [0, 0.05) is 32.9 Å². The number of allylic oxidation sites excluding steroid dienone is 4. The molecular formula is C32H30BrNO3. The molecule has 1 unspecified atom stereocenters. The van der Waals surface area contributed by atoms with Crippen molar-refractivity contribution >= 4 is 33.5 Å². The standard InChI is InChI=1S/C32H30BrNO3/c1-32(2)19-29-30(31(35)27(32)17-20-5-11-23(33)12-6-20)26(21-7-13-24(36-3)14-8-21)18-28(34-29)22-9-15-25(37-4)16-10-22/h5-18,26,34H,19H2,1-4H3/b27-17+. The van der Waals surface area contributed by atoms with Crippen molar-refractivity contribution in [2.45, 2.75) is 26.2 Å². The summed E-state index contributed by atoms with van der Waals surface area (Å²) in [5, 5.41) is 3.63. The van der Waals surface area contributed by atoms with Gasteiger partial charge in [-0.05, 0) is 89.2 Å². The van der Waals surface area contributed by atoms with Crippen LogP contribution in [-0.2, 0) is 4.79 Å². The second-order valence-corrected chi connectivity index (χ2v) is 11.0. The molecule has 3 aromatic rings. The Morgan fingerprint density at radius 1 is 0.892 bits per heavy atom. The van der Waals surface area contributed by atoms with E-state index < -0.39 is 0 Å². The molecule has 0 bridgehead atoms. The number of benzene rings is 3. The summed E-state index contributed by atoms with van der Waals surface area (Å²) in [5.41, 5.74) is 6.40. The summed E-state index contributed by atoms with van der Waals surface area (Å²) < 4.78 is 11.7. The van der Waals surface area contributed by atoms with Crippen molar-refractivity contribution in [1.29, 1.82) is 0 Å². The Balaban J connectivity index is 1.61. The van der Waals surface area contributed by atoms with Gasteiger partial charge in [0.25, 0.3) is 0 Å². The van der Waals surface area contributed by atoms with Crippen LogP contribution in [-0.4, -0.2) is 20.0 Å². The van der Waals surface area contributed by atoms with E-state index in [1.54, 1.807) is 14.2 Å². The Morgan fingerprint density at radius 2 is 1.49 bits per heavy atom. The number of dihydropyridines is 1. The molecule has 37 heavy (non-hydrogen) atoms. The van der Waals surface area contributed by atoms with Gasteiger partial charge in [-0.25, -0.2) is 0 Å². The SMILES string of the molecule is COc1ccc(C2=CC(c3ccc(OC)cc3)C3=C(CC(C)(C)/C(=C/c4ccc(Br)cc4)C3=O)N2)cc1.